The number of nitrogens with zero attached hydrogens (tertiary/aromatic N) is 1. The van der Waals surface area contributed by atoms with Crippen molar-refractivity contribution >= 4 is 29.4 Å². The summed E-state index contributed by atoms with van der Waals surface area (Å²) >= 11 is 3.08. The van der Waals surface area contributed by atoms with Crippen LogP contribution in [-0.2, 0) is 9.53 Å². The quantitative estimate of drug-likeness (QED) is 0.825. The van der Waals surface area contributed by atoms with Gasteiger partial charge in [-0.3, -0.25) is 4.79 Å². The standard InChI is InChI=1S/C17H23NO3S2/c1-16(2)18-13(9-10-21-16)17(15(18)20,14(19)11-22-3)23-12-7-5-4-6-8-12/h4-8,13-14,19H,9-11H2,1-3H3. The summed E-state index contributed by atoms with van der Waals surface area (Å²) in [6, 6.07) is 9.89. The van der Waals surface area contributed by atoms with Crippen molar-refractivity contribution < 1.29 is 14.6 Å². The Balaban J connectivity index is 1.95. The average molecular weight is 354 g/mol. The van der Waals surface area contributed by atoms with Gasteiger partial charge in [-0.25, -0.2) is 0 Å². The molecule has 4 nitrogen and oxygen atoms in total. The number of aliphatic hydroxyl groups excluding tert-OH is 1. The van der Waals surface area contributed by atoms with Crippen LogP contribution >= 0.6 is 23.5 Å². The highest BCUT2D eigenvalue weighted by Crippen LogP contribution is 2.54. The predicted molar refractivity (Wildman–Crippen MR) is 94.7 cm³/mol. The number of fused-ring (bicyclic) bond motifs is 1. The van der Waals surface area contributed by atoms with Crippen LogP contribution < -0.4 is 0 Å². The highest BCUT2D eigenvalue weighted by atomic mass is 32.2. The summed E-state index contributed by atoms with van der Waals surface area (Å²) in [4.78, 5) is 15.9. The number of benzene rings is 1. The number of amides is 1. The highest BCUT2D eigenvalue weighted by Gasteiger charge is 2.69. The third-order valence-electron chi connectivity index (χ3n) is 4.64. The number of hydrogen-bond acceptors (Lipinski definition) is 5. The number of carbonyl (C=O) groups excluding carboxylic acids is 1. The first kappa shape index (κ1) is 17.1. The number of ether oxygens (including phenoxy) is 1. The van der Waals surface area contributed by atoms with Crippen LogP contribution in [0.4, 0.5) is 0 Å². The van der Waals surface area contributed by atoms with Crippen LogP contribution in [-0.4, -0.2) is 57.1 Å². The molecule has 1 aromatic rings. The molecule has 2 heterocycles. The molecule has 2 aliphatic rings. The van der Waals surface area contributed by atoms with Crippen molar-refractivity contribution in [1.29, 1.82) is 0 Å². The van der Waals surface area contributed by atoms with E-state index in [4.69, 9.17) is 4.74 Å². The zero-order valence-corrected chi connectivity index (χ0v) is 15.3. The molecule has 6 heteroatoms. The maximum atomic E-state index is 13.1. The van der Waals surface area contributed by atoms with Gasteiger partial charge in [0.15, 0.2) is 0 Å². The number of thioether (sulfide) groups is 2. The maximum absolute atomic E-state index is 13.1. The van der Waals surface area contributed by atoms with E-state index in [0.717, 1.165) is 11.3 Å². The van der Waals surface area contributed by atoms with E-state index in [9.17, 15) is 9.90 Å². The molecule has 126 valence electrons. The minimum absolute atomic E-state index is 0.00565. The number of rotatable bonds is 5. The third-order valence-corrected chi connectivity index (χ3v) is 6.85. The summed E-state index contributed by atoms with van der Waals surface area (Å²) in [6.07, 6.45) is 2.05. The summed E-state index contributed by atoms with van der Waals surface area (Å²) in [6.45, 7) is 4.47. The van der Waals surface area contributed by atoms with Gasteiger partial charge in [-0.15, -0.1) is 11.8 Å². The topological polar surface area (TPSA) is 49.8 Å². The molecule has 23 heavy (non-hydrogen) atoms. The largest absolute Gasteiger partial charge is 0.390 e. The van der Waals surface area contributed by atoms with Crippen molar-refractivity contribution in [3.8, 4) is 0 Å². The van der Waals surface area contributed by atoms with Crippen molar-refractivity contribution in [2.75, 3.05) is 18.6 Å². The fraction of sp³-hybridized carbons (Fsp3) is 0.588. The van der Waals surface area contributed by atoms with Crippen LogP contribution in [0.3, 0.4) is 0 Å². The van der Waals surface area contributed by atoms with E-state index in [-0.39, 0.29) is 11.9 Å². The van der Waals surface area contributed by atoms with Crippen LogP contribution in [0.5, 0.6) is 0 Å². The van der Waals surface area contributed by atoms with Crippen LogP contribution in [0.2, 0.25) is 0 Å². The third kappa shape index (κ3) is 2.69. The van der Waals surface area contributed by atoms with Gasteiger partial charge in [0, 0.05) is 10.6 Å². The van der Waals surface area contributed by atoms with Gasteiger partial charge in [-0.1, -0.05) is 18.2 Å². The second-order valence-electron chi connectivity index (χ2n) is 6.45. The molecular weight excluding hydrogens is 330 g/mol. The first-order valence-corrected chi connectivity index (χ1v) is 10.0. The minimum Gasteiger partial charge on any atom is -0.390 e. The molecule has 0 aliphatic carbocycles. The Morgan fingerprint density at radius 3 is 2.74 bits per heavy atom. The Bertz CT molecular complexity index is 580. The molecule has 2 aliphatic heterocycles. The van der Waals surface area contributed by atoms with Crippen LogP contribution in [0.15, 0.2) is 35.2 Å². The molecule has 0 radical (unpaired) electrons. The molecule has 3 rings (SSSR count). The van der Waals surface area contributed by atoms with Gasteiger partial charge >= 0.3 is 0 Å². The van der Waals surface area contributed by atoms with Gasteiger partial charge in [0.25, 0.3) is 0 Å². The Hall–Kier alpha value is -0.690. The number of aliphatic hydroxyl groups is 1. The predicted octanol–water partition coefficient (Wildman–Crippen LogP) is 2.61. The Labute approximate surface area is 146 Å². The fourth-order valence-electron chi connectivity index (χ4n) is 3.56. The lowest BCUT2D eigenvalue weighted by Crippen LogP contribution is -2.82. The van der Waals surface area contributed by atoms with Gasteiger partial charge in [0.2, 0.25) is 5.91 Å². The molecule has 0 spiro atoms. The molecule has 1 N–H and O–H groups in total. The van der Waals surface area contributed by atoms with Crippen molar-refractivity contribution in [1.82, 2.24) is 4.90 Å². The lowest BCUT2D eigenvalue weighted by molar-refractivity contribution is -0.233. The molecular formula is C17H23NO3S2. The van der Waals surface area contributed by atoms with Crippen molar-refractivity contribution in [2.45, 2.75) is 47.8 Å². The van der Waals surface area contributed by atoms with E-state index in [2.05, 4.69) is 0 Å². The summed E-state index contributed by atoms with van der Waals surface area (Å²) in [5.41, 5.74) is -0.597. The SMILES string of the molecule is CSCC(O)C1(Sc2ccccc2)C(=O)N2C1CCOC2(C)C. The summed E-state index contributed by atoms with van der Waals surface area (Å²) in [7, 11) is 0. The summed E-state index contributed by atoms with van der Waals surface area (Å²) < 4.78 is 4.96. The molecule has 0 aromatic heterocycles. The van der Waals surface area contributed by atoms with Gasteiger partial charge in [0.1, 0.15) is 10.5 Å². The maximum Gasteiger partial charge on any atom is 0.246 e. The summed E-state index contributed by atoms with van der Waals surface area (Å²) in [5.74, 6) is 0.541. The van der Waals surface area contributed by atoms with E-state index >= 15 is 0 Å². The Kier molecular flexibility index (Phi) is 4.71. The van der Waals surface area contributed by atoms with Crippen LogP contribution in [0, 0.1) is 0 Å². The van der Waals surface area contributed by atoms with Crippen LogP contribution in [0.25, 0.3) is 0 Å². The fourth-order valence-corrected chi connectivity index (χ4v) is 5.69. The monoisotopic (exact) mass is 353 g/mol. The number of carbonyl (C=O) groups is 1. The molecule has 3 atom stereocenters. The van der Waals surface area contributed by atoms with E-state index in [1.54, 1.807) is 11.8 Å². The average Bonchev–Trinajstić information content (AvgIpc) is 2.52. The highest BCUT2D eigenvalue weighted by molar-refractivity contribution is 8.02. The van der Waals surface area contributed by atoms with E-state index < -0.39 is 16.6 Å². The first-order valence-electron chi connectivity index (χ1n) is 7.82. The smallest absolute Gasteiger partial charge is 0.246 e. The van der Waals surface area contributed by atoms with Gasteiger partial charge < -0.3 is 14.7 Å². The van der Waals surface area contributed by atoms with E-state index in [1.807, 2.05) is 55.3 Å². The number of hydrogen-bond donors (Lipinski definition) is 1. The van der Waals surface area contributed by atoms with Crippen molar-refractivity contribution in [3.63, 3.8) is 0 Å². The van der Waals surface area contributed by atoms with Crippen molar-refractivity contribution in [3.05, 3.63) is 30.3 Å². The molecule has 0 saturated carbocycles. The summed E-state index contributed by atoms with van der Waals surface area (Å²) in [5, 5.41) is 10.8. The lowest BCUT2D eigenvalue weighted by atomic mass is 9.77. The van der Waals surface area contributed by atoms with Gasteiger partial charge in [-0.05, 0) is 38.7 Å². The zero-order chi connectivity index (χ0) is 16.7. The van der Waals surface area contributed by atoms with E-state index in [0.29, 0.717) is 12.4 Å². The molecule has 1 amide bonds. The van der Waals surface area contributed by atoms with Gasteiger partial charge in [0.05, 0.1) is 18.8 Å². The van der Waals surface area contributed by atoms with E-state index in [1.165, 1.54) is 11.8 Å². The molecule has 0 bridgehead atoms. The molecule has 2 saturated heterocycles. The molecule has 1 aromatic carbocycles. The Morgan fingerprint density at radius 1 is 1.39 bits per heavy atom. The normalized spacial score (nSPS) is 30.5. The Morgan fingerprint density at radius 2 is 2.09 bits per heavy atom. The van der Waals surface area contributed by atoms with Crippen molar-refractivity contribution in [2.24, 2.45) is 0 Å². The first-order chi connectivity index (χ1) is 10.9. The molecule has 2 fully saturated rings. The molecule has 3 unspecified atom stereocenters. The second kappa shape index (κ2) is 6.31. The second-order valence-corrected chi connectivity index (χ2v) is 8.72. The van der Waals surface area contributed by atoms with Gasteiger partial charge in [-0.2, -0.15) is 11.8 Å². The van der Waals surface area contributed by atoms with Crippen LogP contribution in [0.1, 0.15) is 20.3 Å². The zero-order valence-electron chi connectivity index (χ0n) is 13.7. The number of β-lactam (4-membered cyclic amide) rings is 1. The minimum atomic E-state index is -0.800. The lowest BCUT2D eigenvalue weighted by Gasteiger charge is -2.64.